The summed E-state index contributed by atoms with van der Waals surface area (Å²) in [6, 6.07) is 6.07. The van der Waals surface area contributed by atoms with Gasteiger partial charge >= 0.3 is 0 Å². The summed E-state index contributed by atoms with van der Waals surface area (Å²) in [6.45, 7) is 1.43. The highest BCUT2D eigenvalue weighted by molar-refractivity contribution is 5.88. The Labute approximate surface area is 166 Å². The van der Waals surface area contributed by atoms with Crippen molar-refractivity contribution in [2.24, 2.45) is 11.1 Å². The number of nitriles is 1. The summed E-state index contributed by atoms with van der Waals surface area (Å²) in [6.07, 6.45) is 10.3. The lowest BCUT2D eigenvalue weighted by Gasteiger charge is -2.38. The predicted octanol–water partition coefficient (Wildman–Crippen LogP) is 1.70. The van der Waals surface area contributed by atoms with Gasteiger partial charge in [0.2, 0.25) is 11.8 Å². The maximum atomic E-state index is 13.2. The SMILES string of the molecule is N#CC1(N(Cc2cccnc2)C(=O)[CH]CC2(C(N)=O)CCCCC2)CCNC1. The van der Waals surface area contributed by atoms with E-state index >= 15 is 0 Å². The number of hydrogen-bond acceptors (Lipinski definition) is 5. The lowest BCUT2D eigenvalue weighted by atomic mass is 9.70. The maximum absolute atomic E-state index is 13.2. The van der Waals surface area contributed by atoms with E-state index in [1.54, 1.807) is 23.7 Å². The van der Waals surface area contributed by atoms with Crippen molar-refractivity contribution < 1.29 is 9.59 Å². The molecule has 3 N–H and O–H groups in total. The zero-order valence-electron chi connectivity index (χ0n) is 16.2. The van der Waals surface area contributed by atoms with Crippen LogP contribution in [-0.4, -0.2) is 40.3 Å². The van der Waals surface area contributed by atoms with Crippen molar-refractivity contribution >= 4 is 11.8 Å². The maximum Gasteiger partial charge on any atom is 0.228 e. The molecule has 7 nitrogen and oxygen atoms in total. The van der Waals surface area contributed by atoms with Crippen LogP contribution in [0.25, 0.3) is 0 Å². The van der Waals surface area contributed by atoms with Crippen LogP contribution in [0.3, 0.4) is 0 Å². The second-order valence-electron chi connectivity index (χ2n) is 7.97. The largest absolute Gasteiger partial charge is 0.369 e. The number of aromatic nitrogens is 1. The van der Waals surface area contributed by atoms with Gasteiger partial charge in [0.1, 0.15) is 5.54 Å². The van der Waals surface area contributed by atoms with Crippen molar-refractivity contribution in [1.82, 2.24) is 15.2 Å². The van der Waals surface area contributed by atoms with Gasteiger partial charge in [-0.15, -0.1) is 0 Å². The van der Waals surface area contributed by atoms with Gasteiger partial charge in [0, 0.05) is 30.9 Å². The van der Waals surface area contributed by atoms with Crippen LogP contribution in [0.5, 0.6) is 0 Å². The number of pyridine rings is 1. The van der Waals surface area contributed by atoms with Crippen molar-refractivity contribution in [2.45, 2.75) is 57.0 Å². The summed E-state index contributed by atoms with van der Waals surface area (Å²) in [4.78, 5) is 31.1. The summed E-state index contributed by atoms with van der Waals surface area (Å²) in [5, 5.41) is 13.1. The fraction of sp³-hybridized carbons (Fsp3) is 0.571. The Morgan fingerprint density at radius 2 is 2.11 bits per heavy atom. The molecular formula is C21H28N5O2. The van der Waals surface area contributed by atoms with Gasteiger partial charge in [-0.05, 0) is 43.9 Å². The van der Waals surface area contributed by atoms with Crippen molar-refractivity contribution in [3.63, 3.8) is 0 Å². The molecule has 1 radical (unpaired) electrons. The number of nitrogens with one attached hydrogen (secondary N) is 1. The molecule has 1 unspecified atom stereocenters. The van der Waals surface area contributed by atoms with Gasteiger partial charge in [0.25, 0.3) is 0 Å². The van der Waals surface area contributed by atoms with E-state index in [0.717, 1.165) is 37.7 Å². The number of amides is 2. The zero-order chi connectivity index (χ0) is 20.0. The Bertz CT molecular complexity index is 731. The number of nitrogens with two attached hydrogens (primary N) is 1. The fourth-order valence-corrected chi connectivity index (χ4v) is 4.35. The molecule has 149 valence electrons. The highest BCUT2D eigenvalue weighted by atomic mass is 16.2. The van der Waals surface area contributed by atoms with E-state index < -0.39 is 11.0 Å². The first-order valence-electron chi connectivity index (χ1n) is 9.97. The molecule has 2 fully saturated rings. The molecule has 1 aromatic heterocycles. The molecule has 1 saturated carbocycles. The van der Waals surface area contributed by atoms with Crippen LogP contribution in [0.15, 0.2) is 24.5 Å². The first-order chi connectivity index (χ1) is 13.5. The normalized spacial score (nSPS) is 23.7. The van der Waals surface area contributed by atoms with Crippen molar-refractivity contribution in [3.8, 4) is 6.07 Å². The van der Waals surface area contributed by atoms with Crippen LogP contribution in [0.2, 0.25) is 0 Å². The van der Waals surface area contributed by atoms with Crippen molar-refractivity contribution in [2.75, 3.05) is 13.1 Å². The molecule has 0 aromatic carbocycles. The average Bonchev–Trinajstić information content (AvgIpc) is 3.22. The van der Waals surface area contributed by atoms with Crippen LogP contribution < -0.4 is 11.1 Å². The van der Waals surface area contributed by atoms with E-state index in [1.165, 1.54) is 0 Å². The minimum absolute atomic E-state index is 0.222. The number of carbonyl (C=O) groups excluding carboxylic acids is 2. The van der Waals surface area contributed by atoms with E-state index in [-0.39, 0.29) is 11.8 Å². The third-order valence-corrected chi connectivity index (χ3v) is 6.19. The molecule has 0 bridgehead atoms. The monoisotopic (exact) mass is 382 g/mol. The first kappa shape index (κ1) is 20.3. The minimum Gasteiger partial charge on any atom is -0.369 e. The van der Waals surface area contributed by atoms with Gasteiger partial charge in [0.05, 0.1) is 12.5 Å². The van der Waals surface area contributed by atoms with Gasteiger partial charge in [-0.2, -0.15) is 5.26 Å². The Morgan fingerprint density at radius 1 is 1.32 bits per heavy atom. The van der Waals surface area contributed by atoms with Gasteiger partial charge in [-0.25, -0.2) is 0 Å². The molecule has 7 heteroatoms. The third-order valence-electron chi connectivity index (χ3n) is 6.19. The zero-order valence-corrected chi connectivity index (χ0v) is 16.2. The summed E-state index contributed by atoms with van der Waals surface area (Å²) in [5.74, 6) is -0.548. The first-order valence-corrected chi connectivity index (χ1v) is 9.97. The van der Waals surface area contributed by atoms with Gasteiger partial charge in [-0.3, -0.25) is 14.6 Å². The molecule has 2 heterocycles. The highest BCUT2D eigenvalue weighted by Gasteiger charge is 2.44. The Morgan fingerprint density at radius 3 is 2.68 bits per heavy atom. The lowest BCUT2D eigenvalue weighted by Crippen LogP contribution is -2.52. The molecule has 1 aromatic rings. The molecular weight excluding hydrogens is 354 g/mol. The minimum atomic E-state index is -0.893. The van der Waals surface area contributed by atoms with Gasteiger partial charge in [-0.1, -0.05) is 25.3 Å². The Hall–Kier alpha value is -2.46. The number of primary amides is 1. The quantitative estimate of drug-likeness (QED) is 0.745. The average molecular weight is 382 g/mol. The molecule has 28 heavy (non-hydrogen) atoms. The van der Waals surface area contributed by atoms with Crippen LogP contribution in [-0.2, 0) is 16.1 Å². The molecule has 1 atom stereocenters. The van der Waals surface area contributed by atoms with E-state index in [4.69, 9.17) is 5.73 Å². The second kappa shape index (κ2) is 8.70. The van der Waals surface area contributed by atoms with E-state index in [9.17, 15) is 14.9 Å². The Balaban J connectivity index is 1.78. The lowest BCUT2D eigenvalue weighted by molar-refractivity contribution is -0.134. The number of carbonyl (C=O) groups is 2. The van der Waals surface area contributed by atoms with Gasteiger partial charge < -0.3 is 16.0 Å². The van der Waals surface area contributed by atoms with E-state index in [0.29, 0.717) is 32.5 Å². The fourth-order valence-electron chi connectivity index (χ4n) is 4.35. The Kier molecular flexibility index (Phi) is 6.30. The van der Waals surface area contributed by atoms with E-state index in [2.05, 4.69) is 16.4 Å². The summed E-state index contributed by atoms with van der Waals surface area (Å²) >= 11 is 0. The van der Waals surface area contributed by atoms with Crippen LogP contribution in [0.1, 0.15) is 50.5 Å². The predicted molar refractivity (Wildman–Crippen MR) is 104 cm³/mol. The molecule has 2 aliphatic rings. The molecule has 1 aliphatic heterocycles. The number of rotatable bonds is 7. The molecule has 0 spiro atoms. The smallest absolute Gasteiger partial charge is 0.228 e. The third kappa shape index (κ3) is 4.17. The number of hydrogen-bond donors (Lipinski definition) is 2. The standard InChI is InChI=1S/C21H28N5O2/c22-15-21(10-12-25-16-21)26(14-17-5-4-11-24-13-17)18(27)6-9-20(19(23)28)7-2-1-3-8-20/h4-6,11,13,25H,1-3,7-10,12,14,16H2,(H2,23,28). The van der Waals surface area contributed by atoms with Crippen LogP contribution in [0.4, 0.5) is 0 Å². The number of nitrogens with zero attached hydrogens (tertiary/aromatic N) is 3. The topological polar surface area (TPSA) is 112 Å². The summed E-state index contributed by atoms with van der Waals surface area (Å²) < 4.78 is 0. The van der Waals surface area contributed by atoms with Gasteiger partial charge in [0.15, 0.2) is 0 Å². The van der Waals surface area contributed by atoms with Crippen molar-refractivity contribution in [3.05, 3.63) is 36.5 Å². The highest BCUT2D eigenvalue weighted by Crippen LogP contribution is 2.40. The van der Waals surface area contributed by atoms with Crippen LogP contribution in [0, 0.1) is 23.2 Å². The summed E-state index contributed by atoms with van der Waals surface area (Å²) in [7, 11) is 0. The molecule has 1 saturated heterocycles. The van der Waals surface area contributed by atoms with Crippen LogP contribution >= 0.6 is 0 Å². The summed E-state index contributed by atoms with van der Waals surface area (Å²) in [5.41, 5.74) is 5.05. The second-order valence-corrected chi connectivity index (χ2v) is 7.97. The molecule has 2 amide bonds. The molecule has 3 rings (SSSR count). The molecule has 1 aliphatic carbocycles. The van der Waals surface area contributed by atoms with E-state index in [1.807, 2.05) is 12.1 Å². The van der Waals surface area contributed by atoms with Crippen molar-refractivity contribution in [1.29, 1.82) is 5.26 Å².